The maximum Gasteiger partial charge on any atom is 0.276 e. The van der Waals surface area contributed by atoms with Gasteiger partial charge in [0.1, 0.15) is 0 Å². The molecule has 1 unspecified atom stereocenters. The molecule has 5 heteroatoms. The Kier molecular flexibility index (Phi) is 4.04. The molecule has 1 atom stereocenters. The molecule has 0 spiro atoms. The van der Waals surface area contributed by atoms with E-state index < -0.39 is 0 Å². The van der Waals surface area contributed by atoms with E-state index in [-0.39, 0.29) is 17.4 Å². The Hall–Kier alpha value is -1.52. The third-order valence-corrected chi connectivity index (χ3v) is 3.47. The molecule has 0 aliphatic rings. The number of nitrogens with two attached hydrogens (primary N) is 1. The van der Waals surface area contributed by atoms with Crippen LogP contribution in [0, 0.1) is 5.41 Å². The summed E-state index contributed by atoms with van der Waals surface area (Å²) in [5, 5.41) is 4.21. The Morgan fingerprint density at radius 3 is 2.50 bits per heavy atom. The number of aryl methyl sites for hydroxylation is 1. The van der Waals surface area contributed by atoms with E-state index in [1.165, 1.54) is 0 Å². The maximum atomic E-state index is 12.4. The minimum Gasteiger partial charge on any atom is -0.396 e. The zero-order valence-corrected chi connectivity index (χ0v) is 12.2. The van der Waals surface area contributed by atoms with Gasteiger partial charge in [0.2, 0.25) is 0 Å². The summed E-state index contributed by atoms with van der Waals surface area (Å²) in [7, 11) is 1.79. The van der Waals surface area contributed by atoms with Crippen molar-refractivity contribution in [1.82, 2.24) is 14.7 Å². The van der Waals surface area contributed by atoms with Gasteiger partial charge in [-0.1, -0.05) is 20.8 Å². The molecule has 5 nitrogen and oxygen atoms in total. The number of aromatic nitrogens is 2. The molecule has 1 amide bonds. The van der Waals surface area contributed by atoms with Crippen molar-refractivity contribution in [2.75, 3.05) is 12.8 Å². The number of nitrogen functional groups attached to an aromatic ring is 1. The molecule has 0 aromatic carbocycles. The van der Waals surface area contributed by atoms with Crippen molar-refractivity contribution in [3.63, 3.8) is 0 Å². The van der Waals surface area contributed by atoms with E-state index in [0.717, 1.165) is 0 Å². The van der Waals surface area contributed by atoms with Crippen LogP contribution in [-0.4, -0.2) is 33.7 Å². The first kappa shape index (κ1) is 14.5. The average Bonchev–Trinajstić information content (AvgIpc) is 2.66. The minimum atomic E-state index is -0.123. The van der Waals surface area contributed by atoms with Crippen LogP contribution in [0.2, 0.25) is 0 Å². The quantitative estimate of drug-likeness (QED) is 0.894. The number of nitrogens with zero attached hydrogens (tertiary/aromatic N) is 3. The van der Waals surface area contributed by atoms with Crippen LogP contribution in [0.15, 0.2) is 6.20 Å². The molecule has 0 aliphatic heterocycles. The zero-order valence-electron chi connectivity index (χ0n) is 12.2. The van der Waals surface area contributed by atoms with Crippen LogP contribution in [0.25, 0.3) is 0 Å². The Balaban J connectivity index is 2.96. The molecule has 0 saturated heterocycles. The largest absolute Gasteiger partial charge is 0.396 e. The van der Waals surface area contributed by atoms with Gasteiger partial charge in [0.15, 0.2) is 5.69 Å². The van der Waals surface area contributed by atoms with Crippen molar-refractivity contribution in [3.05, 3.63) is 11.9 Å². The van der Waals surface area contributed by atoms with Gasteiger partial charge in [0.25, 0.3) is 5.91 Å². The first-order valence-electron chi connectivity index (χ1n) is 6.28. The second-order valence-electron chi connectivity index (χ2n) is 5.75. The van der Waals surface area contributed by atoms with Gasteiger partial charge in [-0.3, -0.25) is 9.48 Å². The van der Waals surface area contributed by atoms with E-state index in [9.17, 15) is 4.79 Å². The smallest absolute Gasteiger partial charge is 0.276 e. The molecule has 1 aromatic heterocycles. The lowest BCUT2D eigenvalue weighted by molar-refractivity contribution is 0.0623. The third-order valence-electron chi connectivity index (χ3n) is 3.47. The van der Waals surface area contributed by atoms with Crippen molar-refractivity contribution < 1.29 is 4.79 Å². The summed E-state index contributed by atoms with van der Waals surface area (Å²) < 4.78 is 1.68. The highest BCUT2D eigenvalue weighted by atomic mass is 16.2. The number of carbonyl (C=O) groups is 1. The van der Waals surface area contributed by atoms with Crippen molar-refractivity contribution >= 4 is 11.6 Å². The molecule has 1 heterocycles. The first-order valence-corrected chi connectivity index (χ1v) is 6.28. The van der Waals surface area contributed by atoms with Gasteiger partial charge in [-0.05, 0) is 19.3 Å². The second-order valence-corrected chi connectivity index (χ2v) is 5.75. The van der Waals surface area contributed by atoms with E-state index in [2.05, 4.69) is 25.9 Å². The highest BCUT2D eigenvalue weighted by Crippen LogP contribution is 2.24. The van der Waals surface area contributed by atoms with Gasteiger partial charge < -0.3 is 10.6 Å². The van der Waals surface area contributed by atoms with Crippen LogP contribution < -0.4 is 5.73 Å². The number of amides is 1. The minimum absolute atomic E-state index is 0.0203. The van der Waals surface area contributed by atoms with E-state index in [4.69, 9.17) is 5.73 Å². The van der Waals surface area contributed by atoms with E-state index in [0.29, 0.717) is 17.9 Å². The summed E-state index contributed by atoms with van der Waals surface area (Å²) in [6.45, 7) is 11.0. The fraction of sp³-hybridized carbons (Fsp3) is 0.692. The van der Waals surface area contributed by atoms with Gasteiger partial charge in [-0.2, -0.15) is 5.10 Å². The number of carbonyl (C=O) groups excluding carboxylic acids is 1. The van der Waals surface area contributed by atoms with Crippen molar-refractivity contribution in [2.45, 2.75) is 47.2 Å². The van der Waals surface area contributed by atoms with Crippen molar-refractivity contribution in [1.29, 1.82) is 0 Å². The van der Waals surface area contributed by atoms with E-state index in [1.807, 2.05) is 13.8 Å². The third kappa shape index (κ3) is 2.83. The van der Waals surface area contributed by atoms with Crippen LogP contribution >= 0.6 is 0 Å². The van der Waals surface area contributed by atoms with Crippen LogP contribution in [0.4, 0.5) is 5.69 Å². The van der Waals surface area contributed by atoms with E-state index in [1.54, 1.807) is 22.8 Å². The molecule has 18 heavy (non-hydrogen) atoms. The predicted octanol–water partition coefficient (Wildman–Crippen LogP) is 1.99. The van der Waals surface area contributed by atoms with Crippen LogP contribution in [-0.2, 0) is 6.54 Å². The normalized spacial score (nSPS) is 13.4. The molecule has 0 bridgehead atoms. The van der Waals surface area contributed by atoms with Gasteiger partial charge in [-0.15, -0.1) is 0 Å². The summed E-state index contributed by atoms with van der Waals surface area (Å²) in [6, 6.07) is 0.108. The Morgan fingerprint density at radius 1 is 1.56 bits per heavy atom. The zero-order chi connectivity index (χ0) is 14.1. The van der Waals surface area contributed by atoms with Crippen molar-refractivity contribution in [3.8, 4) is 0 Å². The van der Waals surface area contributed by atoms with Crippen LogP contribution in [0.3, 0.4) is 0 Å². The van der Waals surface area contributed by atoms with Crippen molar-refractivity contribution in [2.24, 2.45) is 5.41 Å². The average molecular weight is 252 g/mol. The Labute approximate surface area is 109 Å². The SMILES string of the molecule is CCn1cc(N)c(C(=O)N(C)C(C)C(C)(C)C)n1. The molecule has 1 rings (SSSR count). The standard InChI is InChI=1S/C13H24N4O/c1-7-17-8-10(14)11(15-17)12(18)16(6)9(2)13(3,4)5/h8-9H,7,14H2,1-6H3. The van der Waals surface area contributed by atoms with Gasteiger partial charge in [0.05, 0.1) is 5.69 Å². The summed E-state index contributed by atoms with van der Waals surface area (Å²) in [4.78, 5) is 14.1. The Morgan fingerprint density at radius 2 is 2.11 bits per heavy atom. The molecule has 102 valence electrons. The Bertz CT molecular complexity index is 431. The monoisotopic (exact) mass is 252 g/mol. The lowest BCUT2D eigenvalue weighted by atomic mass is 9.87. The van der Waals surface area contributed by atoms with Gasteiger partial charge in [0, 0.05) is 25.8 Å². The molecule has 1 aromatic rings. The van der Waals surface area contributed by atoms with Crippen LogP contribution in [0.1, 0.15) is 45.1 Å². The molecule has 0 saturated carbocycles. The molecule has 0 aliphatic carbocycles. The lowest BCUT2D eigenvalue weighted by Gasteiger charge is -2.35. The summed E-state index contributed by atoms with van der Waals surface area (Å²) >= 11 is 0. The molecule has 0 fully saturated rings. The molecule has 2 N–H and O–H groups in total. The second kappa shape index (κ2) is 5.00. The fourth-order valence-corrected chi connectivity index (χ4v) is 1.69. The fourth-order valence-electron chi connectivity index (χ4n) is 1.69. The first-order chi connectivity index (χ1) is 8.18. The summed E-state index contributed by atoms with van der Waals surface area (Å²) in [5.74, 6) is -0.123. The molecular formula is C13H24N4O. The van der Waals surface area contributed by atoms with Crippen LogP contribution in [0.5, 0.6) is 0 Å². The predicted molar refractivity (Wildman–Crippen MR) is 73.3 cm³/mol. The highest BCUT2D eigenvalue weighted by molar-refractivity contribution is 5.97. The highest BCUT2D eigenvalue weighted by Gasteiger charge is 2.29. The number of hydrogen-bond acceptors (Lipinski definition) is 3. The topological polar surface area (TPSA) is 64.2 Å². The van der Waals surface area contributed by atoms with Gasteiger partial charge >= 0.3 is 0 Å². The summed E-state index contributed by atoms with van der Waals surface area (Å²) in [6.07, 6.45) is 1.70. The van der Waals surface area contributed by atoms with Gasteiger partial charge in [-0.25, -0.2) is 0 Å². The van der Waals surface area contributed by atoms with E-state index >= 15 is 0 Å². The molecular weight excluding hydrogens is 228 g/mol. The maximum absolute atomic E-state index is 12.4. The number of anilines is 1. The lowest BCUT2D eigenvalue weighted by Crippen LogP contribution is -2.43. The summed E-state index contributed by atoms with van der Waals surface area (Å²) in [5.41, 5.74) is 6.64. The molecule has 0 radical (unpaired) electrons. The number of hydrogen-bond donors (Lipinski definition) is 1. The number of rotatable bonds is 3.